The Kier molecular flexibility index (Phi) is 5.92. The van der Waals surface area contributed by atoms with E-state index in [0.717, 1.165) is 11.3 Å². The molecule has 6 heteroatoms. The van der Waals surface area contributed by atoms with Crippen molar-refractivity contribution in [3.05, 3.63) is 29.8 Å². The van der Waals surface area contributed by atoms with Gasteiger partial charge in [-0.25, -0.2) is 0 Å². The van der Waals surface area contributed by atoms with Gasteiger partial charge in [0, 0.05) is 6.54 Å². The minimum Gasteiger partial charge on any atom is -0.491 e. The molecule has 0 aromatic heterocycles. The van der Waals surface area contributed by atoms with E-state index < -0.39 is 18.2 Å². The highest BCUT2D eigenvalue weighted by molar-refractivity contribution is 5.28. The Balaban J connectivity index is 1.87. The molecule has 3 nitrogen and oxygen atoms in total. The fraction of sp³-hybridized carbons (Fsp3) is 0.647. The second kappa shape index (κ2) is 7.53. The van der Waals surface area contributed by atoms with Crippen LogP contribution >= 0.6 is 0 Å². The standard InChI is InChI=1S/C17H24F3NO2/c1-12(2)23-15-5-3-4-13(10-15)11-21-8-6-14(7-9-21)16(22)17(18,19)20/h3-5,10,12,14,16,22H,6-9,11H2,1-2H3. The maximum absolute atomic E-state index is 12.5. The number of halogens is 3. The van der Waals surface area contributed by atoms with E-state index in [1.54, 1.807) is 0 Å². The molecule has 0 amide bonds. The molecule has 1 aliphatic rings. The molecule has 1 fully saturated rings. The van der Waals surface area contributed by atoms with Crippen LogP contribution in [0, 0.1) is 5.92 Å². The van der Waals surface area contributed by atoms with Crippen LogP contribution in [-0.2, 0) is 6.54 Å². The lowest BCUT2D eigenvalue weighted by Gasteiger charge is -2.34. The van der Waals surface area contributed by atoms with Crippen LogP contribution < -0.4 is 4.74 Å². The Hall–Kier alpha value is -1.27. The van der Waals surface area contributed by atoms with E-state index in [9.17, 15) is 18.3 Å². The maximum atomic E-state index is 12.5. The Morgan fingerprint density at radius 3 is 2.48 bits per heavy atom. The van der Waals surface area contributed by atoms with Crippen LogP contribution in [0.3, 0.4) is 0 Å². The first-order valence-electron chi connectivity index (χ1n) is 7.98. The molecule has 0 radical (unpaired) electrons. The van der Waals surface area contributed by atoms with E-state index in [2.05, 4.69) is 4.90 Å². The summed E-state index contributed by atoms with van der Waals surface area (Å²) in [5, 5.41) is 9.35. The highest BCUT2D eigenvalue weighted by Gasteiger charge is 2.44. The summed E-state index contributed by atoms with van der Waals surface area (Å²) in [6.07, 6.45) is -5.89. The Morgan fingerprint density at radius 1 is 1.26 bits per heavy atom. The van der Waals surface area contributed by atoms with Gasteiger partial charge >= 0.3 is 6.18 Å². The van der Waals surface area contributed by atoms with Gasteiger partial charge in [0.1, 0.15) is 5.75 Å². The Morgan fingerprint density at radius 2 is 1.91 bits per heavy atom. The number of rotatable bonds is 5. The summed E-state index contributed by atoms with van der Waals surface area (Å²) >= 11 is 0. The lowest BCUT2D eigenvalue weighted by molar-refractivity contribution is -0.223. The molecule has 1 atom stereocenters. The van der Waals surface area contributed by atoms with Gasteiger partial charge in [0.25, 0.3) is 0 Å². The van der Waals surface area contributed by atoms with Crippen LogP contribution in [0.5, 0.6) is 5.75 Å². The third-order valence-corrected chi connectivity index (χ3v) is 4.09. The van der Waals surface area contributed by atoms with Crippen molar-refractivity contribution >= 4 is 0 Å². The van der Waals surface area contributed by atoms with Crippen molar-refractivity contribution in [3.63, 3.8) is 0 Å². The molecule has 1 saturated heterocycles. The number of hydrogen-bond acceptors (Lipinski definition) is 3. The van der Waals surface area contributed by atoms with E-state index in [-0.39, 0.29) is 6.10 Å². The van der Waals surface area contributed by atoms with Crippen molar-refractivity contribution in [2.75, 3.05) is 13.1 Å². The highest BCUT2D eigenvalue weighted by Crippen LogP contribution is 2.32. The van der Waals surface area contributed by atoms with Gasteiger partial charge in [0.2, 0.25) is 0 Å². The molecule has 1 heterocycles. The van der Waals surface area contributed by atoms with Crippen LogP contribution in [0.1, 0.15) is 32.3 Å². The fourth-order valence-electron chi connectivity index (χ4n) is 2.94. The summed E-state index contributed by atoms with van der Waals surface area (Å²) < 4.78 is 43.3. The molecule has 1 aromatic carbocycles. The molecule has 1 aliphatic heterocycles. The van der Waals surface area contributed by atoms with Gasteiger partial charge in [-0.3, -0.25) is 4.90 Å². The van der Waals surface area contributed by atoms with E-state index >= 15 is 0 Å². The SMILES string of the molecule is CC(C)Oc1cccc(CN2CCC(C(O)C(F)(F)F)CC2)c1. The predicted molar refractivity (Wildman–Crippen MR) is 82.3 cm³/mol. The second-order valence-corrected chi connectivity index (χ2v) is 6.41. The van der Waals surface area contributed by atoms with Crippen molar-refractivity contribution in [2.24, 2.45) is 5.92 Å². The van der Waals surface area contributed by atoms with Crippen LogP contribution in [0.4, 0.5) is 13.2 Å². The predicted octanol–water partition coefficient (Wildman–Crippen LogP) is 3.61. The zero-order valence-electron chi connectivity index (χ0n) is 13.5. The number of benzene rings is 1. The molecule has 1 unspecified atom stereocenters. The number of alkyl halides is 3. The van der Waals surface area contributed by atoms with Gasteiger partial charge < -0.3 is 9.84 Å². The normalized spacial score (nSPS) is 19.1. The smallest absolute Gasteiger partial charge is 0.414 e. The van der Waals surface area contributed by atoms with E-state index in [4.69, 9.17) is 4.74 Å². The molecule has 1 aromatic rings. The Labute approximate surface area is 135 Å². The first kappa shape index (κ1) is 18.1. The average molecular weight is 331 g/mol. The summed E-state index contributed by atoms with van der Waals surface area (Å²) in [7, 11) is 0. The number of nitrogens with zero attached hydrogens (tertiary/aromatic N) is 1. The monoisotopic (exact) mass is 331 g/mol. The lowest BCUT2D eigenvalue weighted by atomic mass is 9.90. The third-order valence-electron chi connectivity index (χ3n) is 4.09. The number of aliphatic hydroxyl groups is 1. The molecular formula is C17H24F3NO2. The molecule has 0 saturated carbocycles. The summed E-state index contributed by atoms with van der Waals surface area (Å²) in [5.41, 5.74) is 1.08. The van der Waals surface area contributed by atoms with Crippen LogP contribution in [0.2, 0.25) is 0 Å². The van der Waals surface area contributed by atoms with Crippen molar-refractivity contribution < 1.29 is 23.0 Å². The number of hydrogen-bond donors (Lipinski definition) is 1. The molecule has 130 valence electrons. The van der Waals surface area contributed by atoms with Gasteiger partial charge in [-0.1, -0.05) is 12.1 Å². The minimum absolute atomic E-state index is 0.102. The Bertz CT molecular complexity index is 497. The zero-order chi connectivity index (χ0) is 17.0. The first-order chi connectivity index (χ1) is 10.8. The topological polar surface area (TPSA) is 32.7 Å². The van der Waals surface area contributed by atoms with Crippen molar-refractivity contribution in [3.8, 4) is 5.75 Å². The average Bonchev–Trinajstić information content (AvgIpc) is 2.46. The quantitative estimate of drug-likeness (QED) is 0.895. The number of aliphatic hydroxyl groups excluding tert-OH is 1. The van der Waals surface area contributed by atoms with E-state index in [1.807, 2.05) is 38.1 Å². The third kappa shape index (κ3) is 5.39. The van der Waals surface area contributed by atoms with Gasteiger partial charge in [-0.2, -0.15) is 13.2 Å². The van der Waals surface area contributed by atoms with E-state index in [1.165, 1.54) is 0 Å². The number of piperidine rings is 1. The van der Waals surface area contributed by atoms with Crippen LogP contribution in [-0.4, -0.2) is 41.5 Å². The van der Waals surface area contributed by atoms with Crippen molar-refractivity contribution in [1.82, 2.24) is 4.90 Å². The molecule has 0 bridgehead atoms. The summed E-state index contributed by atoms with van der Waals surface area (Å²) in [5.74, 6) is 0.113. The molecule has 0 spiro atoms. The summed E-state index contributed by atoms with van der Waals surface area (Å²) in [6, 6.07) is 7.78. The van der Waals surface area contributed by atoms with Crippen molar-refractivity contribution in [2.45, 2.75) is 51.6 Å². The first-order valence-corrected chi connectivity index (χ1v) is 7.98. The maximum Gasteiger partial charge on any atom is 0.414 e. The van der Waals surface area contributed by atoms with E-state index in [0.29, 0.717) is 32.5 Å². The zero-order valence-corrected chi connectivity index (χ0v) is 13.5. The summed E-state index contributed by atoms with van der Waals surface area (Å²) in [6.45, 7) is 5.73. The second-order valence-electron chi connectivity index (χ2n) is 6.41. The molecule has 1 N–H and O–H groups in total. The molecular weight excluding hydrogens is 307 g/mol. The number of likely N-dealkylation sites (tertiary alicyclic amines) is 1. The fourth-order valence-corrected chi connectivity index (χ4v) is 2.94. The van der Waals surface area contributed by atoms with Crippen LogP contribution in [0.25, 0.3) is 0 Å². The molecule has 23 heavy (non-hydrogen) atoms. The molecule has 2 rings (SSSR count). The number of ether oxygens (including phenoxy) is 1. The van der Waals surface area contributed by atoms with Gasteiger partial charge in [0.05, 0.1) is 6.10 Å². The van der Waals surface area contributed by atoms with Crippen molar-refractivity contribution in [1.29, 1.82) is 0 Å². The highest BCUT2D eigenvalue weighted by atomic mass is 19.4. The lowest BCUT2D eigenvalue weighted by Crippen LogP contribution is -2.43. The van der Waals surface area contributed by atoms with Crippen LogP contribution in [0.15, 0.2) is 24.3 Å². The summed E-state index contributed by atoms with van der Waals surface area (Å²) in [4.78, 5) is 2.12. The largest absolute Gasteiger partial charge is 0.491 e. The molecule has 0 aliphatic carbocycles. The minimum atomic E-state index is -4.52. The van der Waals surface area contributed by atoms with Gasteiger partial charge in [-0.05, 0) is 63.4 Å². The van der Waals surface area contributed by atoms with Gasteiger partial charge in [-0.15, -0.1) is 0 Å². The van der Waals surface area contributed by atoms with Gasteiger partial charge in [0.15, 0.2) is 6.10 Å².